The number of carbonyl (C=O) groups is 2. The topological polar surface area (TPSA) is 132 Å². The highest BCUT2D eigenvalue weighted by molar-refractivity contribution is 5.94. The Labute approximate surface area is 168 Å². The first kappa shape index (κ1) is 22.0. The summed E-state index contributed by atoms with van der Waals surface area (Å²) in [5.41, 5.74) is 1.31. The molecule has 0 radical (unpaired) electrons. The highest BCUT2D eigenvalue weighted by Crippen LogP contribution is 2.03. The van der Waals surface area contributed by atoms with Crippen molar-refractivity contribution in [1.29, 1.82) is 5.26 Å². The van der Waals surface area contributed by atoms with Crippen molar-refractivity contribution >= 4 is 11.8 Å². The first-order valence-corrected chi connectivity index (χ1v) is 9.05. The number of ether oxygens (including phenoxy) is 1. The van der Waals surface area contributed by atoms with Crippen LogP contribution in [0.2, 0.25) is 0 Å². The van der Waals surface area contributed by atoms with E-state index in [1.54, 1.807) is 30.3 Å². The Hall–Kier alpha value is -3.25. The van der Waals surface area contributed by atoms with E-state index in [2.05, 4.69) is 10.6 Å². The summed E-state index contributed by atoms with van der Waals surface area (Å²) in [6.07, 6.45) is -1.68. The molecule has 0 heterocycles. The number of nitriles is 1. The molecular weight excluding hydrogens is 374 g/mol. The van der Waals surface area contributed by atoms with Crippen LogP contribution in [0.15, 0.2) is 54.6 Å². The lowest BCUT2D eigenvalue weighted by molar-refractivity contribution is -0.0290. The van der Waals surface area contributed by atoms with Gasteiger partial charge in [0.05, 0.1) is 37.1 Å². The number of carbonyl (C=O) groups excluding carboxylic acids is 2. The number of amides is 2. The monoisotopic (exact) mass is 397 g/mol. The van der Waals surface area contributed by atoms with Gasteiger partial charge >= 0.3 is 0 Å². The smallest absolute Gasteiger partial charge is 0.251 e. The van der Waals surface area contributed by atoms with Crippen LogP contribution in [0.3, 0.4) is 0 Å². The third kappa shape index (κ3) is 7.35. The van der Waals surface area contributed by atoms with Gasteiger partial charge in [0.15, 0.2) is 0 Å². The molecule has 8 heteroatoms. The summed E-state index contributed by atoms with van der Waals surface area (Å²) >= 11 is 0. The fraction of sp³-hybridized carbons (Fsp3) is 0.286. The number of hydrogen-bond donors (Lipinski definition) is 4. The molecule has 2 aromatic rings. The fourth-order valence-electron chi connectivity index (χ4n) is 2.39. The van der Waals surface area contributed by atoms with E-state index in [9.17, 15) is 19.8 Å². The van der Waals surface area contributed by atoms with Crippen LogP contribution < -0.4 is 10.6 Å². The summed E-state index contributed by atoms with van der Waals surface area (Å²) < 4.78 is 5.40. The first-order chi connectivity index (χ1) is 14.0. The molecule has 0 unspecified atom stereocenters. The molecule has 2 aromatic carbocycles. The van der Waals surface area contributed by atoms with E-state index < -0.39 is 12.2 Å². The molecule has 0 aromatic heterocycles. The summed E-state index contributed by atoms with van der Waals surface area (Å²) in [6.45, 7) is -0.439. The van der Waals surface area contributed by atoms with Gasteiger partial charge in [0, 0.05) is 24.2 Å². The van der Waals surface area contributed by atoms with Gasteiger partial charge in [-0.3, -0.25) is 9.59 Å². The molecule has 2 rings (SSSR count). The van der Waals surface area contributed by atoms with Crippen LogP contribution in [0.25, 0.3) is 0 Å². The van der Waals surface area contributed by atoms with Gasteiger partial charge < -0.3 is 25.6 Å². The maximum absolute atomic E-state index is 12.1. The molecule has 0 aliphatic heterocycles. The molecular formula is C21H23N3O5. The fourth-order valence-corrected chi connectivity index (χ4v) is 2.39. The predicted molar refractivity (Wildman–Crippen MR) is 105 cm³/mol. The van der Waals surface area contributed by atoms with Crippen LogP contribution in [0.4, 0.5) is 0 Å². The summed E-state index contributed by atoms with van der Waals surface area (Å²) in [7, 11) is 0. The molecule has 0 bridgehead atoms. The molecule has 2 amide bonds. The van der Waals surface area contributed by atoms with Crippen LogP contribution >= 0.6 is 0 Å². The standard InChI is InChI=1S/C21H23N3O5/c22-10-15-6-8-17(9-7-15)21(28)24-12-19(13-25)29-14-18(26)11-23-20(27)16-4-2-1-3-5-16/h1-9,18-19,25-26H,11-14H2,(H,23,27)(H,24,28)/t18-,19+/m0/s1. The van der Waals surface area contributed by atoms with Crippen molar-refractivity contribution < 1.29 is 24.5 Å². The normalized spacial score (nSPS) is 12.4. The van der Waals surface area contributed by atoms with Crippen molar-refractivity contribution in [2.45, 2.75) is 12.2 Å². The lowest BCUT2D eigenvalue weighted by atomic mass is 10.1. The first-order valence-electron chi connectivity index (χ1n) is 9.05. The van der Waals surface area contributed by atoms with Crippen LogP contribution in [0.1, 0.15) is 26.3 Å². The quantitative estimate of drug-likeness (QED) is 0.460. The highest BCUT2D eigenvalue weighted by atomic mass is 16.5. The second-order valence-corrected chi connectivity index (χ2v) is 6.27. The summed E-state index contributed by atoms with van der Waals surface area (Å²) in [5.74, 6) is -0.676. The van der Waals surface area contributed by atoms with E-state index in [1.165, 1.54) is 24.3 Å². The van der Waals surface area contributed by atoms with Gasteiger partial charge in [0.2, 0.25) is 0 Å². The zero-order valence-corrected chi connectivity index (χ0v) is 15.7. The molecule has 2 atom stereocenters. The zero-order chi connectivity index (χ0) is 21.1. The average molecular weight is 397 g/mol. The van der Waals surface area contributed by atoms with E-state index in [-0.39, 0.29) is 38.1 Å². The average Bonchev–Trinajstić information content (AvgIpc) is 2.78. The Morgan fingerprint density at radius 3 is 2.14 bits per heavy atom. The van der Waals surface area contributed by atoms with Gasteiger partial charge in [-0.1, -0.05) is 18.2 Å². The number of rotatable bonds is 10. The molecule has 4 N–H and O–H groups in total. The Balaban J connectivity index is 1.71. The van der Waals surface area contributed by atoms with Crippen molar-refractivity contribution in [3.05, 3.63) is 71.3 Å². The lowest BCUT2D eigenvalue weighted by Gasteiger charge is -2.19. The third-order valence-electron chi connectivity index (χ3n) is 4.03. The Morgan fingerprint density at radius 1 is 0.966 bits per heavy atom. The molecule has 0 aliphatic rings. The molecule has 29 heavy (non-hydrogen) atoms. The van der Waals surface area contributed by atoms with Crippen LogP contribution in [-0.4, -0.2) is 60.5 Å². The minimum atomic E-state index is -0.967. The number of nitrogens with one attached hydrogen (secondary N) is 2. The Kier molecular flexibility index (Phi) is 8.79. The number of benzene rings is 2. The van der Waals surface area contributed by atoms with E-state index in [0.717, 1.165) is 0 Å². The van der Waals surface area contributed by atoms with E-state index >= 15 is 0 Å². The van der Waals surface area contributed by atoms with E-state index in [0.29, 0.717) is 16.7 Å². The van der Waals surface area contributed by atoms with Crippen molar-refractivity contribution in [2.24, 2.45) is 0 Å². The minimum Gasteiger partial charge on any atom is -0.394 e. The minimum absolute atomic E-state index is 0.0104. The number of hydrogen-bond acceptors (Lipinski definition) is 6. The summed E-state index contributed by atoms with van der Waals surface area (Å²) in [6, 6.07) is 16.7. The largest absolute Gasteiger partial charge is 0.394 e. The maximum Gasteiger partial charge on any atom is 0.251 e. The van der Waals surface area contributed by atoms with Crippen molar-refractivity contribution in [3.8, 4) is 6.07 Å². The van der Waals surface area contributed by atoms with Crippen LogP contribution in [0.5, 0.6) is 0 Å². The molecule has 0 saturated heterocycles. The number of nitrogens with zero attached hydrogens (tertiary/aromatic N) is 1. The Morgan fingerprint density at radius 2 is 1.55 bits per heavy atom. The van der Waals surface area contributed by atoms with Gasteiger partial charge in [-0.15, -0.1) is 0 Å². The van der Waals surface area contributed by atoms with E-state index in [1.807, 2.05) is 6.07 Å². The SMILES string of the molecule is N#Cc1ccc(C(=O)NC[C@H](CO)OC[C@@H](O)CNC(=O)c2ccccc2)cc1. The third-order valence-corrected chi connectivity index (χ3v) is 4.03. The number of aliphatic hydroxyl groups excluding tert-OH is 2. The maximum atomic E-state index is 12.1. The van der Waals surface area contributed by atoms with Gasteiger partial charge in [-0.25, -0.2) is 0 Å². The van der Waals surface area contributed by atoms with Crippen molar-refractivity contribution in [1.82, 2.24) is 10.6 Å². The zero-order valence-electron chi connectivity index (χ0n) is 15.7. The lowest BCUT2D eigenvalue weighted by Crippen LogP contribution is -2.39. The Bertz CT molecular complexity index is 834. The molecule has 8 nitrogen and oxygen atoms in total. The van der Waals surface area contributed by atoms with Crippen LogP contribution in [-0.2, 0) is 4.74 Å². The highest BCUT2D eigenvalue weighted by Gasteiger charge is 2.15. The van der Waals surface area contributed by atoms with E-state index in [4.69, 9.17) is 10.00 Å². The molecule has 0 saturated carbocycles. The molecule has 0 spiro atoms. The number of aliphatic hydroxyl groups is 2. The van der Waals surface area contributed by atoms with Gasteiger partial charge in [-0.2, -0.15) is 5.26 Å². The van der Waals surface area contributed by atoms with Gasteiger partial charge in [0.25, 0.3) is 11.8 Å². The van der Waals surface area contributed by atoms with Gasteiger partial charge in [-0.05, 0) is 36.4 Å². The second kappa shape index (κ2) is 11.6. The van der Waals surface area contributed by atoms with Gasteiger partial charge in [0.1, 0.15) is 0 Å². The molecule has 0 fully saturated rings. The second-order valence-electron chi connectivity index (χ2n) is 6.27. The van der Waals surface area contributed by atoms with Crippen molar-refractivity contribution in [2.75, 3.05) is 26.3 Å². The summed E-state index contributed by atoms with van der Waals surface area (Å²) in [5, 5.41) is 33.3. The summed E-state index contributed by atoms with van der Waals surface area (Å²) in [4.78, 5) is 24.0. The molecule has 152 valence electrons. The van der Waals surface area contributed by atoms with Crippen molar-refractivity contribution in [3.63, 3.8) is 0 Å². The molecule has 0 aliphatic carbocycles. The predicted octanol–water partition coefficient (Wildman–Crippen LogP) is 0.456. The van der Waals surface area contributed by atoms with Crippen LogP contribution in [0, 0.1) is 11.3 Å².